The fourth-order valence-electron chi connectivity index (χ4n) is 1.63. The summed E-state index contributed by atoms with van der Waals surface area (Å²) >= 11 is 0. The van der Waals surface area contributed by atoms with Crippen LogP contribution in [0.2, 0.25) is 0 Å². The Morgan fingerprint density at radius 1 is 1.26 bits per heavy atom. The van der Waals surface area contributed by atoms with Crippen molar-refractivity contribution in [3.63, 3.8) is 0 Å². The molecule has 0 amide bonds. The second kappa shape index (κ2) is 5.92. The van der Waals surface area contributed by atoms with Gasteiger partial charge in [-0.2, -0.15) is 0 Å². The number of nitrogens with one attached hydrogen (secondary N) is 1. The van der Waals surface area contributed by atoms with Crippen LogP contribution in [0.5, 0.6) is 5.75 Å². The molecule has 0 aliphatic heterocycles. The minimum atomic E-state index is -4.03. The molecule has 0 aromatic heterocycles. The lowest BCUT2D eigenvalue weighted by Gasteiger charge is -2.20. The van der Waals surface area contributed by atoms with Crippen LogP contribution in [0.15, 0.2) is 23.1 Å². The first-order valence-electron chi connectivity index (χ1n) is 6.43. The standard InChI is InChI=1S/C14H22NO3S/c1-5-6-9-18-12-8-7-11(14(2,3)4)10-13(12)19(15,16)17/h7-8,10,15H,5-6,9H2,1-4H3. The SMILES string of the molecule is CCCCOc1ccc(C(C)(C)C)cc1S([NH])(=O)=O. The van der Waals surface area contributed by atoms with Crippen LogP contribution in [0.3, 0.4) is 0 Å². The van der Waals surface area contributed by atoms with Gasteiger partial charge in [-0.15, -0.1) is 5.14 Å². The summed E-state index contributed by atoms with van der Waals surface area (Å²) in [6, 6.07) is 5.05. The molecule has 1 aromatic carbocycles. The van der Waals surface area contributed by atoms with Gasteiger partial charge in [0.25, 0.3) is 10.0 Å². The van der Waals surface area contributed by atoms with Crippen molar-refractivity contribution in [1.82, 2.24) is 5.14 Å². The molecule has 0 aliphatic carbocycles. The third-order valence-corrected chi connectivity index (χ3v) is 3.75. The Balaban J connectivity index is 3.19. The minimum absolute atomic E-state index is 0.0453. The van der Waals surface area contributed by atoms with Crippen LogP contribution < -0.4 is 9.88 Å². The Morgan fingerprint density at radius 3 is 2.37 bits per heavy atom. The average molecular weight is 284 g/mol. The predicted octanol–water partition coefficient (Wildman–Crippen LogP) is 3.13. The zero-order chi connectivity index (χ0) is 14.7. The van der Waals surface area contributed by atoms with E-state index >= 15 is 0 Å². The highest BCUT2D eigenvalue weighted by Crippen LogP contribution is 2.30. The van der Waals surface area contributed by atoms with Crippen molar-refractivity contribution in [1.29, 1.82) is 0 Å². The quantitative estimate of drug-likeness (QED) is 0.780. The van der Waals surface area contributed by atoms with Gasteiger partial charge in [0.15, 0.2) is 0 Å². The number of sulfonamides is 1. The van der Waals surface area contributed by atoms with Crippen molar-refractivity contribution in [2.75, 3.05) is 6.61 Å². The summed E-state index contributed by atoms with van der Waals surface area (Å²) in [5.41, 5.74) is 0.711. The highest BCUT2D eigenvalue weighted by atomic mass is 32.2. The van der Waals surface area contributed by atoms with E-state index in [2.05, 4.69) is 0 Å². The fourth-order valence-corrected chi connectivity index (χ4v) is 2.30. The first kappa shape index (κ1) is 16.0. The van der Waals surface area contributed by atoms with Crippen molar-refractivity contribution in [3.05, 3.63) is 23.8 Å². The van der Waals surface area contributed by atoms with Gasteiger partial charge in [-0.25, -0.2) is 8.42 Å². The summed E-state index contributed by atoms with van der Waals surface area (Å²) in [4.78, 5) is -0.0453. The van der Waals surface area contributed by atoms with Crippen molar-refractivity contribution >= 4 is 10.0 Å². The monoisotopic (exact) mass is 284 g/mol. The molecule has 19 heavy (non-hydrogen) atoms. The van der Waals surface area contributed by atoms with Gasteiger partial charge in [-0.1, -0.05) is 40.2 Å². The lowest BCUT2D eigenvalue weighted by molar-refractivity contribution is 0.301. The van der Waals surface area contributed by atoms with Gasteiger partial charge in [-0.05, 0) is 29.5 Å². The summed E-state index contributed by atoms with van der Waals surface area (Å²) in [6.07, 6.45) is 1.83. The van der Waals surface area contributed by atoms with E-state index in [0.717, 1.165) is 18.4 Å². The zero-order valence-corrected chi connectivity index (χ0v) is 12.8. The van der Waals surface area contributed by atoms with Gasteiger partial charge >= 0.3 is 0 Å². The zero-order valence-electron chi connectivity index (χ0n) is 12.0. The number of hydrogen-bond acceptors (Lipinski definition) is 3. The highest BCUT2D eigenvalue weighted by molar-refractivity contribution is 7.89. The normalized spacial score (nSPS) is 12.5. The number of benzene rings is 1. The average Bonchev–Trinajstić information content (AvgIpc) is 2.27. The predicted molar refractivity (Wildman–Crippen MR) is 75.8 cm³/mol. The first-order chi connectivity index (χ1) is 8.66. The molecular formula is C14H22NO3S. The molecule has 0 saturated carbocycles. The maximum atomic E-state index is 11.6. The Labute approximate surface area is 116 Å². The topological polar surface area (TPSA) is 67.2 Å². The summed E-state index contributed by atoms with van der Waals surface area (Å²) < 4.78 is 28.6. The van der Waals surface area contributed by atoms with Gasteiger partial charge in [-0.3, -0.25) is 0 Å². The lowest BCUT2D eigenvalue weighted by atomic mass is 9.87. The fraction of sp³-hybridized carbons (Fsp3) is 0.571. The van der Waals surface area contributed by atoms with E-state index in [0.29, 0.717) is 6.61 Å². The third-order valence-electron chi connectivity index (χ3n) is 2.85. The molecular weight excluding hydrogens is 262 g/mol. The first-order valence-corrected chi connectivity index (χ1v) is 7.91. The minimum Gasteiger partial charge on any atom is -0.492 e. The molecule has 1 N–H and O–H groups in total. The molecule has 0 unspecified atom stereocenters. The number of rotatable bonds is 5. The van der Waals surface area contributed by atoms with E-state index in [-0.39, 0.29) is 16.1 Å². The van der Waals surface area contributed by atoms with E-state index in [1.54, 1.807) is 12.1 Å². The number of hydrogen-bond donors (Lipinski definition) is 0. The third kappa shape index (κ3) is 4.51. The van der Waals surface area contributed by atoms with Crippen LogP contribution in [0.4, 0.5) is 0 Å². The summed E-state index contributed by atoms with van der Waals surface area (Å²) in [7, 11) is -4.03. The second-order valence-electron chi connectivity index (χ2n) is 5.62. The molecule has 0 fully saturated rings. The molecule has 0 saturated heterocycles. The Bertz CT molecular complexity index is 530. The van der Waals surface area contributed by atoms with Crippen LogP contribution in [0.25, 0.3) is 0 Å². The largest absolute Gasteiger partial charge is 0.492 e. The van der Waals surface area contributed by atoms with Crippen LogP contribution >= 0.6 is 0 Å². The molecule has 1 rings (SSSR count). The van der Waals surface area contributed by atoms with Crippen molar-refractivity contribution in [2.24, 2.45) is 0 Å². The van der Waals surface area contributed by atoms with Crippen molar-refractivity contribution < 1.29 is 13.2 Å². The molecule has 5 heteroatoms. The molecule has 4 nitrogen and oxygen atoms in total. The molecule has 0 heterocycles. The van der Waals surface area contributed by atoms with E-state index in [9.17, 15) is 8.42 Å². The van der Waals surface area contributed by atoms with E-state index < -0.39 is 10.0 Å². The van der Waals surface area contributed by atoms with Gasteiger partial charge < -0.3 is 4.74 Å². The van der Waals surface area contributed by atoms with Gasteiger partial charge in [0, 0.05) is 0 Å². The molecule has 1 radical (unpaired) electrons. The molecule has 0 bridgehead atoms. The molecule has 107 valence electrons. The molecule has 0 spiro atoms. The summed E-state index contributed by atoms with van der Waals surface area (Å²) in [5.74, 6) is 0.274. The van der Waals surface area contributed by atoms with Gasteiger partial charge in [0.05, 0.1) is 6.61 Å². The van der Waals surface area contributed by atoms with Crippen LogP contribution in [-0.4, -0.2) is 15.0 Å². The molecule has 0 aliphatic rings. The van der Waals surface area contributed by atoms with Crippen molar-refractivity contribution in [2.45, 2.75) is 50.8 Å². The summed E-state index contributed by atoms with van der Waals surface area (Å²) in [5, 5.41) is 7.29. The van der Waals surface area contributed by atoms with E-state index in [4.69, 9.17) is 9.88 Å². The molecule has 1 aromatic rings. The Morgan fingerprint density at radius 2 is 1.89 bits per heavy atom. The summed E-state index contributed by atoms with van der Waals surface area (Å²) in [6.45, 7) is 8.50. The van der Waals surface area contributed by atoms with Crippen LogP contribution in [0, 0.1) is 0 Å². The van der Waals surface area contributed by atoms with E-state index in [1.807, 2.05) is 33.8 Å². The Hall–Kier alpha value is -1.07. The van der Waals surface area contributed by atoms with Gasteiger partial charge in [0.1, 0.15) is 10.6 Å². The molecule has 0 atom stereocenters. The smallest absolute Gasteiger partial charge is 0.257 e. The Kier molecular flexibility index (Phi) is 4.98. The highest BCUT2D eigenvalue weighted by Gasteiger charge is 2.21. The van der Waals surface area contributed by atoms with E-state index in [1.165, 1.54) is 0 Å². The van der Waals surface area contributed by atoms with Gasteiger partial charge in [0.2, 0.25) is 0 Å². The maximum absolute atomic E-state index is 11.6. The number of ether oxygens (including phenoxy) is 1. The lowest BCUT2D eigenvalue weighted by Crippen LogP contribution is -2.14. The number of unbranched alkanes of at least 4 members (excludes halogenated alkanes) is 1. The second-order valence-corrected chi connectivity index (χ2v) is 7.06. The maximum Gasteiger partial charge on any atom is 0.257 e. The van der Waals surface area contributed by atoms with Crippen LogP contribution in [0.1, 0.15) is 46.1 Å². The van der Waals surface area contributed by atoms with Crippen LogP contribution in [-0.2, 0) is 15.4 Å². The van der Waals surface area contributed by atoms with Crippen molar-refractivity contribution in [3.8, 4) is 5.75 Å².